The van der Waals surface area contributed by atoms with Crippen molar-refractivity contribution in [2.45, 2.75) is 13.5 Å². The molecule has 19 heavy (non-hydrogen) atoms. The minimum absolute atomic E-state index is 0.0223. The van der Waals surface area contributed by atoms with E-state index in [1.165, 1.54) is 6.92 Å². The second-order valence-corrected chi connectivity index (χ2v) is 3.81. The number of rotatable bonds is 4. The van der Waals surface area contributed by atoms with E-state index in [9.17, 15) is 14.4 Å². The number of carbonyl (C=O) groups is 3. The van der Waals surface area contributed by atoms with Crippen molar-refractivity contribution in [3.63, 3.8) is 0 Å². The maximum atomic E-state index is 11.7. The molecular formula is C12H16N4O3. The summed E-state index contributed by atoms with van der Waals surface area (Å²) in [5, 5.41) is 2.43. The quantitative estimate of drug-likeness (QED) is 0.681. The van der Waals surface area contributed by atoms with Gasteiger partial charge in [0.05, 0.1) is 0 Å². The van der Waals surface area contributed by atoms with E-state index in [1.54, 1.807) is 24.5 Å². The van der Waals surface area contributed by atoms with Gasteiger partial charge in [-0.15, -0.1) is 0 Å². The fourth-order valence-corrected chi connectivity index (χ4v) is 1.41. The summed E-state index contributed by atoms with van der Waals surface area (Å²) in [7, 11) is 0. The lowest BCUT2D eigenvalue weighted by Gasteiger charge is -2.17. The van der Waals surface area contributed by atoms with Crippen LogP contribution >= 0.6 is 0 Å². The first-order chi connectivity index (χ1) is 9.06. The number of hydrogen-bond donors (Lipinski definition) is 2. The van der Waals surface area contributed by atoms with Crippen LogP contribution in [0.1, 0.15) is 12.5 Å². The SMILES string of the molecule is CC(=O)N(CCN)C(=O)C(=O)NCc1cccnc1. The minimum Gasteiger partial charge on any atom is -0.344 e. The fraction of sp³-hybridized carbons (Fsp3) is 0.333. The standard InChI is InChI=1S/C12H16N4O3/c1-9(17)16(6-4-13)12(19)11(18)15-8-10-3-2-5-14-7-10/h2-3,5,7H,4,6,8,13H2,1H3,(H,15,18). The Labute approximate surface area is 110 Å². The summed E-state index contributed by atoms with van der Waals surface area (Å²) in [4.78, 5) is 39.3. The zero-order valence-corrected chi connectivity index (χ0v) is 10.6. The van der Waals surface area contributed by atoms with Crippen LogP contribution in [-0.4, -0.2) is 40.7 Å². The number of amides is 3. The molecule has 1 heterocycles. The molecule has 0 bridgehead atoms. The molecule has 1 aromatic rings. The van der Waals surface area contributed by atoms with Gasteiger partial charge in [0.15, 0.2) is 0 Å². The van der Waals surface area contributed by atoms with E-state index in [0.29, 0.717) is 0 Å². The third kappa shape index (κ3) is 4.47. The van der Waals surface area contributed by atoms with Crippen LogP contribution in [0.2, 0.25) is 0 Å². The van der Waals surface area contributed by atoms with E-state index >= 15 is 0 Å². The summed E-state index contributed by atoms with van der Waals surface area (Å²) < 4.78 is 0. The molecule has 0 spiro atoms. The van der Waals surface area contributed by atoms with Crippen LogP contribution in [0, 0.1) is 0 Å². The zero-order valence-electron chi connectivity index (χ0n) is 10.6. The summed E-state index contributed by atoms with van der Waals surface area (Å²) in [6.45, 7) is 1.52. The highest BCUT2D eigenvalue weighted by Gasteiger charge is 2.23. The summed E-state index contributed by atoms with van der Waals surface area (Å²) in [5.74, 6) is -2.25. The van der Waals surface area contributed by atoms with Gasteiger partial charge < -0.3 is 11.1 Å². The van der Waals surface area contributed by atoms with Gasteiger partial charge in [-0.05, 0) is 11.6 Å². The van der Waals surface area contributed by atoms with Gasteiger partial charge in [-0.3, -0.25) is 24.3 Å². The average Bonchev–Trinajstić information content (AvgIpc) is 2.42. The van der Waals surface area contributed by atoms with Crippen LogP contribution < -0.4 is 11.1 Å². The molecule has 0 radical (unpaired) electrons. The normalized spacial score (nSPS) is 9.79. The predicted octanol–water partition coefficient (Wildman–Crippen LogP) is -0.968. The van der Waals surface area contributed by atoms with E-state index in [0.717, 1.165) is 10.5 Å². The van der Waals surface area contributed by atoms with Crippen molar-refractivity contribution in [1.82, 2.24) is 15.2 Å². The van der Waals surface area contributed by atoms with Gasteiger partial charge in [-0.1, -0.05) is 6.07 Å². The van der Waals surface area contributed by atoms with E-state index in [-0.39, 0.29) is 19.6 Å². The first kappa shape index (κ1) is 14.8. The third-order valence-corrected chi connectivity index (χ3v) is 2.35. The van der Waals surface area contributed by atoms with E-state index in [1.807, 2.05) is 0 Å². The molecule has 0 aliphatic rings. The lowest BCUT2D eigenvalue weighted by molar-refractivity contribution is -0.151. The highest BCUT2D eigenvalue weighted by molar-refractivity contribution is 6.37. The van der Waals surface area contributed by atoms with Crippen molar-refractivity contribution in [2.75, 3.05) is 13.1 Å². The minimum atomic E-state index is -0.901. The number of nitrogens with zero attached hydrogens (tertiary/aromatic N) is 2. The van der Waals surface area contributed by atoms with Gasteiger partial charge in [0, 0.05) is 39.0 Å². The molecule has 0 saturated heterocycles. The Morgan fingerprint density at radius 1 is 1.42 bits per heavy atom. The molecule has 1 aromatic heterocycles. The maximum Gasteiger partial charge on any atom is 0.318 e. The molecule has 7 nitrogen and oxygen atoms in total. The summed E-state index contributed by atoms with van der Waals surface area (Å²) in [6.07, 6.45) is 3.18. The molecule has 0 aliphatic carbocycles. The lowest BCUT2D eigenvalue weighted by atomic mass is 10.3. The maximum absolute atomic E-state index is 11.7. The van der Waals surface area contributed by atoms with Crippen molar-refractivity contribution in [3.8, 4) is 0 Å². The molecule has 3 N–H and O–H groups in total. The number of nitrogens with two attached hydrogens (primary N) is 1. The first-order valence-corrected chi connectivity index (χ1v) is 5.75. The van der Waals surface area contributed by atoms with E-state index < -0.39 is 17.7 Å². The molecule has 0 aliphatic heterocycles. The monoisotopic (exact) mass is 264 g/mol. The molecule has 0 unspecified atom stereocenters. The predicted molar refractivity (Wildman–Crippen MR) is 67.5 cm³/mol. The molecule has 0 saturated carbocycles. The number of hydrogen-bond acceptors (Lipinski definition) is 5. The van der Waals surface area contributed by atoms with Crippen LogP contribution in [0.3, 0.4) is 0 Å². The topological polar surface area (TPSA) is 105 Å². The van der Waals surface area contributed by atoms with Crippen LogP contribution in [0.25, 0.3) is 0 Å². The lowest BCUT2D eigenvalue weighted by Crippen LogP contribution is -2.46. The third-order valence-electron chi connectivity index (χ3n) is 2.35. The second-order valence-electron chi connectivity index (χ2n) is 3.81. The fourth-order valence-electron chi connectivity index (χ4n) is 1.41. The van der Waals surface area contributed by atoms with Crippen molar-refractivity contribution < 1.29 is 14.4 Å². The highest BCUT2D eigenvalue weighted by atomic mass is 16.2. The largest absolute Gasteiger partial charge is 0.344 e. The highest BCUT2D eigenvalue weighted by Crippen LogP contribution is 1.96. The Kier molecular flexibility index (Phi) is 5.62. The molecule has 3 amide bonds. The Hall–Kier alpha value is -2.28. The van der Waals surface area contributed by atoms with Crippen LogP contribution in [0.5, 0.6) is 0 Å². The van der Waals surface area contributed by atoms with Crippen molar-refractivity contribution in [2.24, 2.45) is 5.73 Å². The Balaban J connectivity index is 2.57. The average molecular weight is 264 g/mol. The molecule has 0 fully saturated rings. The van der Waals surface area contributed by atoms with Gasteiger partial charge in [0.25, 0.3) is 0 Å². The molecule has 0 atom stereocenters. The number of pyridine rings is 1. The van der Waals surface area contributed by atoms with Gasteiger partial charge in [0.2, 0.25) is 5.91 Å². The van der Waals surface area contributed by atoms with Crippen LogP contribution in [-0.2, 0) is 20.9 Å². The van der Waals surface area contributed by atoms with E-state index in [4.69, 9.17) is 5.73 Å². The smallest absolute Gasteiger partial charge is 0.318 e. The molecular weight excluding hydrogens is 248 g/mol. The van der Waals surface area contributed by atoms with Crippen molar-refractivity contribution in [3.05, 3.63) is 30.1 Å². The Bertz CT molecular complexity index is 461. The van der Waals surface area contributed by atoms with Gasteiger partial charge >= 0.3 is 11.8 Å². The van der Waals surface area contributed by atoms with Gasteiger partial charge in [0.1, 0.15) is 0 Å². The second kappa shape index (κ2) is 7.22. The van der Waals surface area contributed by atoms with Gasteiger partial charge in [-0.25, -0.2) is 0 Å². The number of nitrogens with one attached hydrogen (secondary N) is 1. The summed E-state index contributed by atoms with van der Waals surface area (Å²) in [5.41, 5.74) is 6.05. The van der Waals surface area contributed by atoms with E-state index in [2.05, 4.69) is 10.3 Å². The Morgan fingerprint density at radius 2 is 2.16 bits per heavy atom. The molecule has 1 rings (SSSR count). The zero-order chi connectivity index (χ0) is 14.3. The van der Waals surface area contributed by atoms with Crippen molar-refractivity contribution >= 4 is 17.7 Å². The molecule has 102 valence electrons. The summed E-state index contributed by atoms with van der Waals surface area (Å²) >= 11 is 0. The molecule has 0 aromatic carbocycles. The number of imide groups is 1. The van der Waals surface area contributed by atoms with Crippen molar-refractivity contribution in [1.29, 1.82) is 0 Å². The molecule has 7 heteroatoms. The number of aromatic nitrogens is 1. The Morgan fingerprint density at radius 3 is 2.68 bits per heavy atom. The van der Waals surface area contributed by atoms with Crippen LogP contribution in [0.15, 0.2) is 24.5 Å². The number of carbonyl (C=O) groups excluding carboxylic acids is 3. The van der Waals surface area contributed by atoms with Gasteiger partial charge in [-0.2, -0.15) is 0 Å². The first-order valence-electron chi connectivity index (χ1n) is 5.75. The summed E-state index contributed by atoms with van der Waals surface area (Å²) in [6, 6.07) is 3.49. The van der Waals surface area contributed by atoms with Crippen LogP contribution in [0.4, 0.5) is 0 Å².